The second kappa shape index (κ2) is 7.69. The summed E-state index contributed by atoms with van der Waals surface area (Å²) in [5.74, 6) is 1.21. The average Bonchev–Trinajstić information content (AvgIpc) is 2.85. The van der Waals surface area contributed by atoms with E-state index in [1.165, 1.54) is 11.8 Å². The van der Waals surface area contributed by atoms with Gasteiger partial charge in [-0.3, -0.25) is 4.79 Å². The summed E-state index contributed by atoms with van der Waals surface area (Å²) < 4.78 is 5.62. The van der Waals surface area contributed by atoms with Gasteiger partial charge in [-0.25, -0.2) is 0 Å². The number of nitrogens with one attached hydrogen (secondary N) is 1. The molecule has 0 aromatic heterocycles. The molecule has 1 aromatic rings. The lowest BCUT2D eigenvalue weighted by atomic mass is 10.2. The van der Waals surface area contributed by atoms with Crippen molar-refractivity contribution in [2.45, 2.75) is 19.8 Å². The Balaban J connectivity index is 1.92. The van der Waals surface area contributed by atoms with Crippen LogP contribution in [-0.2, 0) is 4.79 Å². The van der Waals surface area contributed by atoms with Crippen LogP contribution >= 0.6 is 11.8 Å². The normalized spacial score (nSPS) is 16.9. The SMILES string of the molecule is CCCCOc1cccc(C=NN=C2NC(=O)CS2)c1. The highest BCUT2D eigenvalue weighted by Gasteiger charge is 2.15. The Morgan fingerprint density at radius 1 is 1.50 bits per heavy atom. The molecule has 6 heteroatoms. The van der Waals surface area contributed by atoms with Crippen LogP contribution in [0, 0.1) is 0 Å². The van der Waals surface area contributed by atoms with E-state index in [1.807, 2.05) is 24.3 Å². The van der Waals surface area contributed by atoms with Gasteiger partial charge < -0.3 is 10.1 Å². The molecular formula is C14H17N3O2S. The summed E-state index contributed by atoms with van der Waals surface area (Å²) in [6.45, 7) is 2.85. The maximum atomic E-state index is 11.0. The van der Waals surface area contributed by atoms with Crippen molar-refractivity contribution in [1.82, 2.24) is 5.32 Å². The molecule has 1 heterocycles. The zero-order chi connectivity index (χ0) is 14.2. The first kappa shape index (κ1) is 14.6. The number of benzene rings is 1. The molecule has 0 unspecified atom stereocenters. The van der Waals surface area contributed by atoms with Crippen molar-refractivity contribution < 1.29 is 9.53 Å². The summed E-state index contributed by atoms with van der Waals surface area (Å²) in [6, 6.07) is 7.68. The zero-order valence-corrected chi connectivity index (χ0v) is 12.2. The average molecular weight is 291 g/mol. The summed E-state index contributed by atoms with van der Waals surface area (Å²) >= 11 is 1.35. The van der Waals surface area contributed by atoms with Gasteiger partial charge in [0.2, 0.25) is 5.91 Å². The number of hydrogen-bond acceptors (Lipinski definition) is 5. The van der Waals surface area contributed by atoms with Gasteiger partial charge in [-0.1, -0.05) is 37.2 Å². The minimum Gasteiger partial charge on any atom is -0.494 e. The molecule has 5 nitrogen and oxygen atoms in total. The third-order valence-corrected chi connectivity index (χ3v) is 3.43. The van der Waals surface area contributed by atoms with Gasteiger partial charge in [0.05, 0.1) is 18.6 Å². The number of carbonyl (C=O) groups excluding carboxylic acids is 1. The monoisotopic (exact) mass is 291 g/mol. The predicted octanol–water partition coefficient (Wildman–Crippen LogP) is 2.42. The molecule has 0 spiro atoms. The van der Waals surface area contributed by atoms with E-state index in [-0.39, 0.29) is 5.91 Å². The maximum absolute atomic E-state index is 11.0. The fourth-order valence-electron chi connectivity index (χ4n) is 1.55. The van der Waals surface area contributed by atoms with E-state index in [4.69, 9.17) is 4.74 Å². The van der Waals surface area contributed by atoms with E-state index in [0.29, 0.717) is 10.9 Å². The number of nitrogens with zero attached hydrogens (tertiary/aromatic N) is 2. The summed E-state index contributed by atoms with van der Waals surface area (Å²) in [6.07, 6.45) is 3.80. The van der Waals surface area contributed by atoms with Gasteiger partial charge >= 0.3 is 0 Å². The molecule has 0 bridgehead atoms. The summed E-state index contributed by atoms with van der Waals surface area (Å²) in [5, 5.41) is 11.1. The van der Waals surface area contributed by atoms with Crippen molar-refractivity contribution in [3.8, 4) is 5.75 Å². The number of unbranched alkanes of at least 4 members (excludes halogenated alkanes) is 1. The molecule has 1 aliphatic heterocycles. The molecule has 1 saturated heterocycles. The Morgan fingerprint density at radius 2 is 2.40 bits per heavy atom. The minimum atomic E-state index is -0.0322. The Labute approximate surface area is 122 Å². The number of ether oxygens (including phenoxy) is 1. The van der Waals surface area contributed by atoms with Crippen LogP contribution in [0.25, 0.3) is 0 Å². The first-order valence-electron chi connectivity index (χ1n) is 6.54. The van der Waals surface area contributed by atoms with Crippen molar-refractivity contribution in [3.05, 3.63) is 29.8 Å². The standard InChI is InChI=1S/C14H17N3O2S/c1-2-3-7-19-12-6-4-5-11(8-12)9-15-17-14-16-13(18)10-20-14/h4-6,8-9H,2-3,7,10H2,1H3,(H,16,17,18). The fourth-order valence-corrected chi connectivity index (χ4v) is 2.18. The van der Waals surface area contributed by atoms with E-state index in [2.05, 4.69) is 22.4 Å². The molecule has 1 fully saturated rings. The summed E-state index contributed by atoms with van der Waals surface area (Å²) in [5.41, 5.74) is 0.915. The highest BCUT2D eigenvalue weighted by molar-refractivity contribution is 8.15. The van der Waals surface area contributed by atoms with Gasteiger partial charge in [-0.2, -0.15) is 5.10 Å². The van der Waals surface area contributed by atoms with Gasteiger partial charge in [0.1, 0.15) is 5.75 Å². The van der Waals surface area contributed by atoms with E-state index in [1.54, 1.807) is 6.21 Å². The van der Waals surface area contributed by atoms with Crippen molar-refractivity contribution in [2.75, 3.05) is 12.4 Å². The van der Waals surface area contributed by atoms with Crippen LogP contribution in [0.2, 0.25) is 0 Å². The molecule has 0 radical (unpaired) electrons. The first-order chi connectivity index (χ1) is 9.78. The van der Waals surface area contributed by atoms with Gasteiger partial charge in [0.15, 0.2) is 5.17 Å². The van der Waals surface area contributed by atoms with Crippen LogP contribution in [0.3, 0.4) is 0 Å². The third-order valence-electron chi connectivity index (χ3n) is 2.57. The van der Waals surface area contributed by atoms with E-state index in [0.717, 1.165) is 30.8 Å². The van der Waals surface area contributed by atoms with Crippen LogP contribution in [-0.4, -0.2) is 29.6 Å². The molecule has 0 aliphatic carbocycles. The lowest BCUT2D eigenvalue weighted by molar-refractivity contribution is -0.116. The van der Waals surface area contributed by atoms with Gasteiger partial charge in [0, 0.05) is 0 Å². The van der Waals surface area contributed by atoms with Gasteiger partial charge in [-0.15, -0.1) is 5.10 Å². The Hall–Kier alpha value is -1.82. The third kappa shape index (κ3) is 4.70. The Bertz CT molecular complexity index is 529. The summed E-state index contributed by atoms with van der Waals surface area (Å²) in [4.78, 5) is 11.0. The zero-order valence-electron chi connectivity index (χ0n) is 11.3. The predicted molar refractivity (Wildman–Crippen MR) is 82.5 cm³/mol. The van der Waals surface area contributed by atoms with Crippen molar-refractivity contribution in [2.24, 2.45) is 10.2 Å². The van der Waals surface area contributed by atoms with E-state index < -0.39 is 0 Å². The molecule has 1 aliphatic rings. The van der Waals surface area contributed by atoms with Crippen LogP contribution in [0.15, 0.2) is 34.5 Å². The molecule has 1 amide bonds. The molecular weight excluding hydrogens is 274 g/mol. The molecule has 20 heavy (non-hydrogen) atoms. The molecule has 0 saturated carbocycles. The number of rotatable bonds is 6. The minimum absolute atomic E-state index is 0.0322. The number of thioether (sulfide) groups is 1. The largest absolute Gasteiger partial charge is 0.494 e. The molecule has 0 atom stereocenters. The fraction of sp³-hybridized carbons (Fsp3) is 0.357. The number of carbonyl (C=O) groups is 1. The second-order valence-corrected chi connectivity index (χ2v) is 5.23. The van der Waals surface area contributed by atoms with Crippen LogP contribution in [0.4, 0.5) is 0 Å². The second-order valence-electron chi connectivity index (χ2n) is 4.26. The van der Waals surface area contributed by atoms with Crippen LogP contribution in [0.5, 0.6) is 5.75 Å². The maximum Gasteiger partial charge on any atom is 0.236 e. The van der Waals surface area contributed by atoms with Gasteiger partial charge in [0.25, 0.3) is 0 Å². The molecule has 106 valence electrons. The Kier molecular flexibility index (Phi) is 5.61. The molecule has 1 aromatic carbocycles. The first-order valence-corrected chi connectivity index (χ1v) is 7.53. The van der Waals surface area contributed by atoms with Crippen molar-refractivity contribution >= 4 is 29.1 Å². The highest BCUT2D eigenvalue weighted by atomic mass is 32.2. The molecule has 1 N–H and O–H groups in total. The van der Waals surface area contributed by atoms with Crippen LogP contribution in [0.1, 0.15) is 25.3 Å². The smallest absolute Gasteiger partial charge is 0.236 e. The highest BCUT2D eigenvalue weighted by Crippen LogP contribution is 2.13. The van der Waals surface area contributed by atoms with Crippen molar-refractivity contribution in [1.29, 1.82) is 0 Å². The van der Waals surface area contributed by atoms with Crippen molar-refractivity contribution in [3.63, 3.8) is 0 Å². The van der Waals surface area contributed by atoms with E-state index in [9.17, 15) is 4.79 Å². The Morgan fingerprint density at radius 3 is 3.15 bits per heavy atom. The number of amidine groups is 1. The molecule has 2 rings (SSSR count). The topological polar surface area (TPSA) is 63.1 Å². The van der Waals surface area contributed by atoms with Gasteiger partial charge in [-0.05, 0) is 24.1 Å². The quantitative estimate of drug-likeness (QED) is 0.497. The number of hydrogen-bond donors (Lipinski definition) is 1. The lowest BCUT2D eigenvalue weighted by Gasteiger charge is -2.05. The lowest BCUT2D eigenvalue weighted by Crippen LogP contribution is -2.19. The summed E-state index contributed by atoms with van der Waals surface area (Å²) in [7, 11) is 0. The van der Waals surface area contributed by atoms with Crippen LogP contribution < -0.4 is 10.1 Å². The van der Waals surface area contributed by atoms with E-state index >= 15 is 0 Å². The number of amides is 1.